The number of rotatable bonds is 6. The fourth-order valence-corrected chi connectivity index (χ4v) is 2.25. The average molecular weight is 345 g/mol. The van der Waals surface area contributed by atoms with Crippen LogP contribution in [0.1, 0.15) is 11.4 Å². The van der Waals surface area contributed by atoms with E-state index < -0.39 is 0 Å². The molecule has 3 N–H and O–H groups in total. The SMILES string of the molecule is N#CC(=CNc1cccc(NC(=O)Cc2ccccc2)c1)c1nn[nH]n1. The Bertz CT molecular complexity index is 943. The maximum absolute atomic E-state index is 12.1. The minimum atomic E-state index is -0.103. The van der Waals surface area contributed by atoms with Gasteiger partial charge in [0.05, 0.1) is 6.42 Å². The minimum Gasteiger partial charge on any atom is -0.360 e. The molecule has 0 saturated heterocycles. The molecule has 0 fully saturated rings. The van der Waals surface area contributed by atoms with Crippen molar-refractivity contribution in [1.82, 2.24) is 20.6 Å². The Labute approximate surface area is 149 Å². The second-order valence-electron chi connectivity index (χ2n) is 5.34. The van der Waals surface area contributed by atoms with E-state index in [0.29, 0.717) is 17.8 Å². The van der Waals surface area contributed by atoms with E-state index in [0.717, 1.165) is 5.56 Å². The third-order valence-electron chi connectivity index (χ3n) is 3.44. The van der Waals surface area contributed by atoms with E-state index in [2.05, 4.69) is 31.3 Å². The zero-order valence-corrected chi connectivity index (χ0v) is 13.7. The van der Waals surface area contributed by atoms with E-state index in [4.69, 9.17) is 5.26 Å². The minimum absolute atomic E-state index is 0.103. The number of nitriles is 1. The van der Waals surface area contributed by atoms with E-state index in [9.17, 15) is 4.79 Å². The predicted octanol–water partition coefficient (Wildman–Crippen LogP) is 2.36. The van der Waals surface area contributed by atoms with Crippen LogP contribution in [-0.4, -0.2) is 26.5 Å². The highest BCUT2D eigenvalue weighted by atomic mass is 16.1. The summed E-state index contributed by atoms with van der Waals surface area (Å²) in [5.41, 5.74) is 2.54. The van der Waals surface area contributed by atoms with Crippen LogP contribution in [0.25, 0.3) is 5.57 Å². The summed E-state index contributed by atoms with van der Waals surface area (Å²) in [5.74, 6) is 0.0979. The molecule has 0 aliphatic rings. The van der Waals surface area contributed by atoms with Crippen LogP contribution >= 0.6 is 0 Å². The highest BCUT2D eigenvalue weighted by Gasteiger charge is 2.06. The smallest absolute Gasteiger partial charge is 0.228 e. The zero-order valence-electron chi connectivity index (χ0n) is 13.7. The summed E-state index contributed by atoms with van der Waals surface area (Å²) in [6, 6.07) is 18.7. The zero-order chi connectivity index (χ0) is 18.2. The lowest BCUT2D eigenvalue weighted by Gasteiger charge is -2.08. The Morgan fingerprint density at radius 3 is 2.69 bits per heavy atom. The van der Waals surface area contributed by atoms with Gasteiger partial charge in [-0.3, -0.25) is 4.79 Å². The number of allylic oxidation sites excluding steroid dienone is 1. The number of aromatic nitrogens is 4. The number of carbonyl (C=O) groups is 1. The van der Waals surface area contributed by atoms with E-state index in [1.165, 1.54) is 6.20 Å². The highest BCUT2D eigenvalue weighted by Crippen LogP contribution is 2.17. The van der Waals surface area contributed by atoms with Crippen LogP contribution in [0.15, 0.2) is 60.8 Å². The van der Waals surface area contributed by atoms with Crippen molar-refractivity contribution < 1.29 is 4.79 Å². The summed E-state index contributed by atoms with van der Waals surface area (Å²) in [6.45, 7) is 0. The number of tetrazole rings is 1. The molecule has 0 radical (unpaired) electrons. The molecule has 2 aromatic carbocycles. The summed E-state index contributed by atoms with van der Waals surface area (Å²) in [6.07, 6.45) is 1.78. The number of hydrogen-bond acceptors (Lipinski definition) is 6. The van der Waals surface area contributed by atoms with Gasteiger partial charge in [0.15, 0.2) is 0 Å². The molecule has 0 unspecified atom stereocenters. The molecule has 1 aromatic heterocycles. The van der Waals surface area contributed by atoms with Gasteiger partial charge in [0, 0.05) is 17.6 Å². The number of hydrogen-bond donors (Lipinski definition) is 3. The van der Waals surface area contributed by atoms with Crippen molar-refractivity contribution in [3.63, 3.8) is 0 Å². The maximum atomic E-state index is 12.1. The van der Waals surface area contributed by atoms with Gasteiger partial charge >= 0.3 is 0 Å². The Balaban J connectivity index is 1.65. The number of H-pyrrole nitrogens is 1. The predicted molar refractivity (Wildman–Crippen MR) is 96.6 cm³/mol. The molecule has 26 heavy (non-hydrogen) atoms. The Hall–Kier alpha value is -3.99. The monoisotopic (exact) mass is 345 g/mol. The lowest BCUT2D eigenvalue weighted by atomic mass is 10.1. The van der Waals surface area contributed by atoms with Crippen molar-refractivity contribution in [2.45, 2.75) is 6.42 Å². The van der Waals surface area contributed by atoms with Crippen molar-refractivity contribution in [2.24, 2.45) is 0 Å². The quantitative estimate of drug-likeness (QED) is 0.590. The number of amides is 1. The Morgan fingerprint density at radius 1 is 1.15 bits per heavy atom. The summed E-state index contributed by atoms with van der Waals surface area (Å²) in [4.78, 5) is 12.1. The molecule has 1 amide bonds. The standard InChI is InChI=1S/C18H15N7O/c19-11-14(18-22-24-25-23-18)12-20-15-7-4-8-16(10-15)21-17(26)9-13-5-2-1-3-6-13/h1-8,10,12,20H,9H2,(H,21,26)(H,22,23,24,25). The molecule has 128 valence electrons. The van der Waals surface area contributed by atoms with E-state index >= 15 is 0 Å². The molecule has 0 saturated carbocycles. The molecule has 8 nitrogen and oxygen atoms in total. The van der Waals surface area contributed by atoms with Crippen LogP contribution in [0.5, 0.6) is 0 Å². The maximum Gasteiger partial charge on any atom is 0.228 e. The van der Waals surface area contributed by atoms with Gasteiger partial charge in [-0.05, 0) is 29.0 Å². The molecule has 3 rings (SSSR count). The number of benzene rings is 2. The van der Waals surface area contributed by atoms with Crippen LogP contribution in [0.3, 0.4) is 0 Å². The third kappa shape index (κ3) is 4.52. The summed E-state index contributed by atoms with van der Waals surface area (Å²) in [7, 11) is 0. The molecule has 0 spiro atoms. The number of carbonyl (C=O) groups excluding carboxylic acids is 1. The van der Waals surface area contributed by atoms with Crippen LogP contribution in [0, 0.1) is 11.3 Å². The molecule has 1 heterocycles. The first kappa shape index (κ1) is 16.9. The summed E-state index contributed by atoms with van der Waals surface area (Å²) >= 11 is 0. The van der Waals surface area contributed by atoms with Gasteiger partial charge < -0.3 is 10.6 Å². The molecule has 0 aliphatic heterocycles. The molecule has 3 aromatic rings. The number of aromatic amines is 1. The molecule has 0 bridgehead atoms. The van der Waals surface area contributed by atoms with Crippen molar-refractivity contribution in [3.05, 3.63) is 72.2 Å². The second-order valence-corrected chi connectivity index (χ2v) is 5.34. The normalized spacial score (nSPS) is 10.8. The first-order chi connectivity index (χ1) is 12.7. The van der Waals surface area contributed by atoms with Crippen LogP contribution in [0.4, 0.5) is 11.4 Å². The Kier molecular flexibility index (Phi) is 5.32. The molecule has 0 atom stereocenters. The fraction of sp³-hybridized carbons (Fsp3) is 0.0556. The summed E-state index contributed by atoms with van der Waals surface area (Å²) < 4.78 is 0. The molecule has 0 aliphatic carbocycles. The average Bonchev–Trinajstić information content (AvgIpc) is 3.18. The van der Waals surface area contributed by atoms with Gasteiger partial charge in [0.25, 0.3) is 0 Å². The van der Waals surface area contributed by atoms with Gasteiger partial charge in [-0.2, -0.15) is 10.5 Å². The lowest BCUT2D eigenvalue weighted by Crippen LogP contribution is -2.14. The summed E-state index contributed by atoms with van der Waals surface area (Å²) in [5, 5.41) is 28.2. The van der Waals surface area contributed by atoms with Crippen LogP contribution < -0.4 is 10.6 Å². The number of nitrogens with zero attached hydrogens (tertiary/aromatic N) is 4. The van der Waals surface area contributed by atoms with Gasteiger partial charge in [-0.15, -0.1) is 10.2 Å². The molecular formula is C18H15N7O. The second kappa shape index (κ2) is 8.21. The van der Waals surface area contributed by atoms with Crippen LogP contribution in [0.2, 0.25) is 0 Å². The first-order valence-corrected chi connectivity index (χ1v) is 7.79. The van der Waals surface area contributed by atoms with Gasteiger partial charge in [0.1, 0.15) is 11.6 Å². The van der Waals surface area contributed by atoms with Crippen LogP contribution in [-0.2, 0) is 11.2 Å². The first-order valence-electron chi connectivity index (χ1n) is 7.79. The van der Waals surface area contributed by atoms with Crippen molar-refractivity contribution in [1.29, 1.82) is 5.26 Å². The topological polar surface area (TPSA) is 119 Å². The third-order valence-corrected chi connectivity index (χ3v) is 3.44. The lowest BCUT2D eigenvalue weighted by molar-refractivity contribution is -0.115. The van der Waals surface area contributed by atoms with Gasteiger partial charge in [-0.25, -0.2) is 0 Å². The van der Waals surface area contributed by atoms with E-state index in [1.54, 1.807) is 18.2 Å². The number of nitrogens with one attached hydrogen (secondary N) is 3. The Morgan fingerprint density at radius 2 is 1.96 bits per heavy atom. The van der Waals surface area contributed by atoms with Gasteiger partial charge in [-0.1, -0.05) is 36.4 Å². The van der Waals surface area contributed by atoms with E-state index in [-0.39, 0.29) is 17.3 Å². The number of anilines is 2. The van der Waals surface area contributed by atoms with Gasteiger partial charge in [0.2, 0.25) is 11.7 Å². The largest absolute Gasteiger partial charge is 0.360 e. The highest BCUT2D eigenvalue weighted by molar-refractivity contribution is 5.92. The molecular weight excluding hydrogens is 330 g/mol. The van der Waals surface area contributed by atoms with Crippen molar-refractivity contribution in [3.8, 4) is 6.07 Å². The van der Waals surface area contributed by atoms with E-state index in [1.807, 2.05) is 42.5 Å². The fourth-order valence-electron chi connectivity index (χ4n) is 2.25. The van der Waals surface area contributed by atoms with Crippen molar-refractivity contribution in [2.75, 3.05) is 10.6 Å². The molecule has 8 heteroatoms. The van der Waals surface area contributed by atoms with Crippen molar-refractivity contribution >= 4 is 22.9 Å².